The molecule has 0 amide bonds. The van der Waals surface area contributed by atoms with Crippen LogP contribution in [0, 0.1) is 0 Å². The van der Waals surface area contributed by atoms with Gasteiger partial charge in [0.05, 0.1) is 6.10 Å². The summed E-state index contributed by atoms with van der Waals surface area (Å²) >= 11 is 0. The van der Waals surface area contributed by atoms with Gasteiger partial charge in [-0.1, -0.05) is 29.4 Å². The fourth-order valence-electron chi connectivity index (χ4n) is 2.80. The van der Waals surface area contributed by atoms with E-state index in [2.05, 4.69) is 61.4 Å². The van der Waals surface area contributed by atoms with Crippen LogP contribution in [0.25, 0.3) is 22.5 Å². The highest BCUT2D eigenvalue weighted by Gasteiger charge is 2.15. The van der Waals surface area contributed by atoms with Crippen LogP contribution in [-0.4, -0.2) is 49.5 Å². The van der Waals surface area contributed by atoms with Crippen molar-refractivity contribution in [1.29, 1.82) is 0 Å². The number of nitrogens with zero attached hydrogens (tertiary/aromatic N) is 5. The molecule has 6 heteroatoms. The molecule has 0 aliphatic rings. The van der Waals surface area contributed by atoms with Crippen LogP contribution in [-0.2, 0) is 0 Å². The third-order valence-electron chi connectivity index (χ3n) is 4.32. The predicted molar refractivity (Wildman–Crippen MR) is 115 cm³/mol. The Hall–Kier alpha value is -3.15. The number of ether oxygens (including phenoxy) is 1. The number of hydrogen-bond donors (Lipinski definition) is 0. The summed E-state index contributed by atoms with van der Waals surface area (Å²) in [5.41, 5.74) is 5.68. The van der Waals surface area contributed by atoms with Crippen molar-refractivity contribution in [2.75, 3.05) is 38.0 Å². The molecule has 0 saturated heterocycles. The molecule has 0 N–H and O–H groups in total. The molecule has 0 saturated carbocycles. The zero-order chi connectivity index (χ0) is 20.3. The first-order valence-electron chi connectivity index (χ1n) is 9.32. The van der Waals surface area contributed by atoms with Crippen molar-refractivity contribution in [3.63, 3.8) is 0 Å². The molecule has 28 heavy (non-hydrogen) atoms. The molecule has 0 bridgehead atoms. The van der Waals surface area contributed by atoms with Crippen molar-refractivity contribution in [2.24, 2.45) is 0 Å². The van der Waals surface area contributed by atoms with Gasteiger partial charge >= 0.3 is 6.01 Å². The summed E-state index contributed by atoms with van der Waals surface area (Å²) in [5, 5.41) is 8.63. The molecule has 1 aromatic heterocycles. The van der Waals surface area contributed by atoms with E-state index in [1.807, 2.05) is 54.2 Å². The Labute approximate surface area is 166 Å². The molecule has 2 aromatic carbocycles. The van der Waals surface area contributed by atoms with E-state index < -0.39 is 0 Å². The van der Waals surface area contributed by atoms with E-state index in [0.717, 1.165) is 33.9 Å². The Morgan fingerprint density at radius 3 is 1.57 bits per heavy atom. The van der Waals surface area contributed by atoms with Crippen LogP contribution in [0.3, 0.4) is 0 Å². The molecule has 1 heterocycles. The van der Waals surface area contributed by atoms with E-state index in [-0.39, 0.29) is 12.1 Å². The smallest absolute Gasteiger partial charge is 0.336 e. The highest BCUT2D eigenvalue weighted by Crippen LogP contribution is 2.31. The molecular weight excluding hydrogens is 350 g/mol. The predicted octanol–water partition coefficient (Wildman–Crippen LogP) is 4.12. The number of rotatable bonds is 6. The molecule has 6 nitrogen and oxygen atoms in total. The Morgan fingerprint density at radius 2 is 1.14 bits per heavy atom. The maximum absolute atomic E-state index is 5.68. The summed E-state index contributed by atoms with van der Waals surface area (Å²) in [6.45, 7) is 3.89. The average Bonchev–Trinajstić information content (AvgIpc) is 2.67. The summed E-state index contributed by atoms with van der Waals surface area (Å²) < 4.78 is 5.68. The fraction of sp³-hybridized carbons (Fsp3) is 0.318. The standard InChI is InChI=1S/C22H27N5O/c1-15(2)28-22-23-20(16-7-11-18(12-8-16)26(3)4)21(24-25-22)17-9-13-19(14-10-17)27(5)6/h7-15H,1-6H3. The van der Waals surface area contributed by atoms with Crippen molar-refractivity contribution in [3.8, 4) is 28.5 Å². The van der Waals surface area contributed by atoms with Gasteiger partial charge in [-0.15, -0.1) is 5.10 Å². The fourth-order valence-corrected chi connectivity index (χ4v) is 2.80. The summed E-state index contributed by atoms with van der Waals surface area (Å²) in [6, 6.07) is 16.7. The van der Waals surface area contributed by atoms with Crippen molar-refractivity contribution in [2.45, 2.75) is 20.0 Å². The van der Waals surface area contributed by atoms with Crippen LogP contribution in [0.2, 0.25) is 0 Å². The lowest BCUT2D eigenvalue weighted by Gasteiger charge is -2.15. The van der Waals surface area contributed by atoms with Crippen LogP contribution in [0.4, 0.5) is 11.4 Å². The van der Waals surface area contributed by atoms with E-state index in [0.29, 0.717) is 0 Å². The number of benzene rings is 2. The Bertz CT molecular complexity index is 919. The topological polar surface area (TPSA) is 54.4 Å². The van der Waals surface area contributed by atoms with Crippen LogP contribution < -0.4 is 14.5 Å². The Kier molecular flexibility index (Phi) is 5.78. The summed E-state index contributed by atoms with van der Waals surface area (Å²) in [4.78, 5) is 8.80. The SMILES string of the molecule is CC(C)Oc1nnc(-c2ccc(N(C)C)cc2)c(-c2ccc(N(C)C)cc2)n1. The van der Waals surface area contributed by atoms with Gasteiger partial charge in [0.1, 0.15) is 11.4 Å². The zero-order valence-corrected chi connectivity index (χ0v) is 17.3. The molecule has 0 spiro atoms. The first-order chi connectivity index (χ1) is 13.3. The minimum Gasteiger partial charge on any atom is -0.460 e. The molecule has 0 atom stereocenters. The van der Waals surface area contributed by atoms with E-state index >= 15 is 0 Å². The van der Waals surface area contributed by atoms with Crippen molar-refractivity contribution in [3.05, 3.63) is 48.5 Å². The Balaban J connectivity index is 2.08. The second kappa shape index (κ2) is 8.25. The van der Waals surface area contributed by atoms with Gasteiger partial charge in [0.15, 0.2) is 0 Å². The summed E-state index contributed by atoms with van der Waals surface area (Å²) in [6.07, 6.45) is -0.0176. The van der Waals surface area contributed by atoms with Crippen molar-refractivity contribution in [1.82, 2.24) is 15.2 Å². The lowest BCUT2D eigenvalue weighted by atomic mass is 10.0. The second-order valence-corrected chi connectivity index (χ2v) is 7.34. The third kappa shape index (κ3) is 4.39. The molecule has 146 valence electrons. The van der Waals surface area contributed by atoms with Crippen molar-refractivity contribution < 1.29 is 4.74 Å². The Morgan fingerprint density at radius 1 is 0.679 bits per heavy atom. The van der Waals surface area contributed by atoms with Crippen LogP contribution in [0.15, 0.2) is 48.5 Å². The van der Waals surface area contributed by atoms with E-state index in [1.54, 1.807) is 0 Å². The number of hydrogen-bond acceptors (Lipinski definition) is 6. The van der Waals surface area contributed by atoms with E-state index in [4.69, 9.17) is 4.74 Å². The summed E-state index contributed by atoms with van der Waals surface area (Å²) in [5.74, 6) is 0. The monoisotopic (exact) mass is 377 g/mol. The van der Waals surface area contributed by atoms with Gasteiger partial charge in [-0.25, -0.2) is 0 Å². The third-order valence-corrected chi connectivity index (χ3v) is 4.32. The number of anilines is 2. The van der Waals surface area contributed by atoms with Crippen LogP contribution in [0.5, 0.6) is 6.01 Å². The van der Waals surface area contributed by atoms with Gasteiger partial charge in [-0.05, 0) is 38.1 Å². The molecule has 0 unspecified atom stereocenters. The first-order valence-corrected chi connectivity index (χ1v) is 9.32. The van der Waals surface area contributed by atoms with Gasteiger partial charge in [0, 0.05) is 50.7 Å². The summed E-state index contributed by atoms with van der Waals surface area (Å²) in [7, 11) is 8.08. The van der Waals surface area contributed by atoms with E-state index in [1.165, 1.54) is 0 Å². The first kappa shape index (κ1) is 19.6. The normalized spacial score (nSPS) is 10.8. The van der Waals surface area contributed by atoms with E-state index in [9.17, 15) is 0 Å². The molecule has 0 fully saturated rings. The zero-order valence-electron chi connectivity index (χ0n) is 17.3. The molecule has 0 aliphatic carbocycles. The largest absolute Gasteiger partial charge is 0.460 e. The number of aromatic nitrogens is 3. The molecular formula is C22H27N5O. The molecule has 0 radical (unpaired) electrons. The van der Waals surface area contributed by atoms with Gasteiger partial charge in [0.25, 0.3) is 0 Å². The van der Waals surface area contributed by atoms with Crippen LogP contribution in [0.1, 0.15) is 13.8 Å². The van der Waals surface area contributed by atoms with Gasteiger partial charge in [-0.3, -0.25) is 0 Å². The lowest BCUT2D eigenvalue weighted by Crippen LogP contribution is -2.11. The van der Waals surface area contributed by atoms with Gasteiger partial charge in [-0.2, -0.15) is 4.98 Å². The van der Waals surface area contributed by atoms with Crippen LogP contribution >= 0.6 is 0 Å². The molecule has 3 aromatic rings. The van der Waals surface area contributed by atoms with Gasteiger partial charge < -0.3 is 14.5 Å². The molecule has 3 rings (SSSR count). The minimum atomic E-state index is -0.0176. The molecule has 0 aliphatic heterocycles. The minimum absolute atomic E-state index is 0.0176. The average molecular weight is 377 g/mol. The highest BCUT2D eigenvalue weighted by atomic mass is 16.5. The van der Waals surface area contributed by atoms with Crippen molar-refractivity contribution >= 4 is 11.4 Å². The maximum atomic E-state index is 5.68. The highest BCUT2D eigenvalue weighted by molar-refractivity contribution is 5.79. The second-order valence-electron chi connectivity index (χ2n) is 7.34. The maximum Gasteiger partial charge on any atom is 0.336 e. The van der Waals surface area contributed by atoms with Gasteiger partial charge in [0.2, 0.25) is 0 Å². The lowest BCUT2D eigenvalue weighted by molar-refractivity contribution is 0.219. The quantitative estimate of drug-likeness (QED) is 0.644.